The van der Waals surface area contributed by atoms with Crippen LogP contribution in [0.15, 0.2) is 42.5 Å². The predicted octanol–water partition coefficient (Wildman–Crippen LogP) is 3.94. The summed E-state index contributed by atoms with van der Waals surface area (Å²) in [4.78, 5) is 37.2. The summed E-state index contributed by atoms with van der Waals surface area (Å²) >= 11 is 0. The van der Waals surface area contributed by atoms with Gasteiger partial charge in [0, 0.05) is 6.07 Å². The molecular weight excluding hydrogens is 374 g/mol. The van der Waals surface area contributed by atoms with Gasteiger partial charge in [0.05, 0.1) is 34.1 Å². The van der Waals surface area contributed by atoms with E-state index in [0.29, 0.717) is 11.4 Å². The topological polar surface area (TPSA) is 114 Å². The van der Waals surface area contributed by atoms with Crippen LogP contribution in [0.1, 0.15) is 31.2 Å². The number of hydrogen-bond donors (Lipinski definition) is 0. The van der Waals surface area contributed by atoms with Gasteiger partial charge in [-0.05, 0) is 49.2 Å². The highest BCUT2D eigenvalue weighted by molar-refractivity contribution is 6.22. The average molecular weight is 391 g/mol. The Bertz CT molecular complexity index is 1020. The van der Waals surface area contributed by atoms with E-state index in [1.54, 1.807) is 24.3 Å². The lowest BCUT2D eigenvalue weighted by molar-refractivity contribution is -0.385. The molecule has 1 saturated heterocycles. The lowest BCUT2D eigenvalue weighted by Crippen LogP contribution is -2.30. The van der Waals surface area contributed by atoms with E-state index in [0.717, 1.165) is 31.7 Å². The van der Waals surface area contributed by atoms with Gasteiger partial charge in [0.1, 0.15) is 5.75 Å². The third-order valence-corrected chi connectivity index (χ3v) is 5.45. The number of carbonyl (C=O) groups is 2. The van der Waals surface area contributed by atoms with Gasteiger partial charge >= 0.3 is 5.69 Å². The summed E-state index contributed by atoms with van der Waals surface area (Å²) in [6, 6.07) is 12.1. The Morgan fingerprint density at radius 3 is 2.21 bits per heavy atom. The van der Waals surface area contributed by atoms with Crippen molar-refractivity contribution in [3.8, 4) is 17.6 Å². The molecule has 29 heavy (non-hydrogen) atoms. The van der Waals surface area contributed by atoms with E-state index in [1.165, 1.54) is 17.0 Å². The molecule has 4 rings (SSSR count). The molecule has 1 aliphatic carbocycles. The van der Waals surface area contributed by atoms with Gasteiger partial charge in [0.25, 0.3) is 0 Å². The number of nitro groups is 1. The number of benzene rings is 2. The van der Waals surface area contributed by atoms with Gasteiger partial charge in [0.2, 0.25) is 17.6 Å². The van der Waals surface area contributed by atoms with Crippen molar-refractivity contribution in [3.05, 3.63) is 58.1 Å². The van der Waals surface area contributed by atoms with Gasteiger partial charge < -0.3 is 4.74 Å². The van der Waals surface area contributed by atoms with Crippen molar-refractivity contribution in [3.63, 3.8) is 0 Å². The Hall–Kier alpha value is -3.73. The number of carbonyl (C=O) groups excluding carboxylic acids is 2. The van der Waals surface area contributed by atoms with Crippen molar-refractivity contribution >= 4 is 23.2 Å². The fourth-order valence-corrected chi connectivity index (χ4v) is 4.02. The van der Waals surface area contributed by atoms with Crippen LogP contribution in [0.3, 0.4) is 0 Å². The molecule has 2 aliphatic rings. The Balaban J connectivity index is 1.56. The molecule has 1 heterocycles. The molecule has 0 unspecified atom stereocenters. The Morgan fingerprint density at radius 2 is 1.66 bits per heavy atom. The first kappa shape index (κ1) is 18.6. The number of nitriles is 1. The molecule has 8 nitrogen and oxygen atoms in total. The summed E-state index contributed by atoms with van der Waals surface area (Å²) in [5.41, 5.74) is 0.310. The molecule has 2 amide bonds. The van der Waals surface area contributed by atoms with Gasteiger partial charge in [-0.1, -0.05) is 12.8 Å². The van der Waals surface area contributed by atoms with Crippen LogP contribution in [-0.2, 0) is 9.59 Å². The largest absolute Gasteiger partial charge is 0.450 e. The van der Waals surface area contributed by atoms with Crippen LogP contribution in [0, 0.1) is 33.3 Å². The molecule has 8 heteroatoms. The second kappa shape index (κ2) is 7.36. The summed E-state index contributed by atoms with van der Waals surface area (Å²) in [7, 11) is 0. The van der Waals surface area contributed by atoms with Crippen molar-refractivity contribution in [1.82, 2.24) is 0 Å². The van der Waals surface area contributed by atoms with Gasteiger partial charge in [0.15, 0.2) is 0 Å². The maximum Gasteiger partial charge on any atom is 0.312 e. The minimum atomic E-state index is -0.617. The highest BCUT2D eigenvalue weighted by Gasteiger charge is 2.48. The normalized spacial score (nSPS) is 20.9. The number of imide groups is 1. The predicted molar refractivity (Wildman–Crippen MR) is 102 cm³/mol. The maximum absolute atomic E-state index is 12.7. The van der Waals surface area contributed by atoms with Crippen LogP contribution < -0.4 is 9.64 Å². The first-order chi connectivity index (χ1) is 14.0. The number of nitro benzene ring substituents is 1. The minimum Gasteiger partial charge on any atom is -0.450 e. The zero-order valence-electron chi connectivity index (χ0n) is 15.4. The Kier molecular flexibility index (Phi) is 4.72. The molecule has 0 spiro atoms. The van der Waals surface area contributed by atoms with E-state index < -0.39 is 4.92 Å². The number of anilines is 1. The van der Waals surface area contributed by atoms with E-state index in [9.17, 15) is 19.7 Å². The van der Waals surface area contributed by atoms with Crippen LogP contribution in [0.5, 0.6) is 11.5 Å². The van der Waals surface area contributed by atoms with E-state index in [2.05, 4.69) is 0 Å². The highest BCUT2D eigenvalue weighted by Crippen LogP contribution is 2.40. The lowest BCUT2D eigenvalue weighted by atomic mass is 9.81. The third-order valence-electron chi connectivity index (χ3n) is 5.45. The molecule has 2 aromatic carbocycles. The van der Waals surface area contributed by atoms with Crippen molar-refractivity contribution in [2.45, 2.75) is 25.7 Å². The second-order valence-corrected chi connectivity index (χ2v) is 7.16. The second-order valence-electron chi connectivity index (χ2n) is 7.16. The molecule has 0 aromatic heterocycles. The van der Waals surface area contributed by atoms with E-state index in [-0.39, 0.29) is 40.7 Å². The van der Waals surface area contributed by atoms with Gasteiger partial charge in [-0.15, -0.1) is 0 Å². The number of fused-ring (bicyclic) bond motifs is 1. The average Bonchev–Trinajstić information content (AvgIpc) is 2.99. The van der Waals surface area contributed by atoms with Crippen molar-refractivity contribution < 1.29 is 19.2 Å². The fraction of sp³-hybridized carbons (Fsp3) is 0.286. The van der Waals surface area contributed by atoms with E-state index in [1.807, 2.05) is 6.07 Å². The molecule has 2 aromatic rings. The Labute approximate surface area is 166 Å². The number of nitrogens with zero attached hydrogens (tertiary/aromatic N) is 3. The first-order valence-electron chi connectivity index (χ1n) is 9.34. The molecule has 0 radical (unpaired) electrons. The maximum atomic E-state index is 12.7. The van der Waals surface area contributed by atoms with Crippen molar-refractivity contribution in [2.75, 3.05) is 4.90 Å². The first-order valence-corrected chi connectivity index (χ1v) is 9.34. The number of rotatable bonds is 4. The van der Waals surface area contributed by atoms with E-state index >= 15 is 0 Å². The quantitative estimate of drug-likeness (QED) is 0.443. The molecule has 2 fully saturated rings. The molecule has 2 atom stereocenters. The summed E-state index contributed by atoms with van der Waals surface area (Å²) < 4.78 is 5.60. The standard InChI is InChI=1S/C21H17N3O5/c22-12-13-5-10-19(18(11-13)24(27)28)29-15-8-6-14(7-9-15)23-20(25)16-3-1-2-4-17(16)21(23)26/h5-11,16-17H,1-4H2/t16-,17-/m1/s1. The van der Waals surface area contributed by atoms with Gasteiger partial charge in [-0.2, -0.15) is 5.26 Å². The van der Waals surface area contributed by atoms with Gasteiger partial charge in [-0.3, -0.25) is 24.6 Å². The summed E-state index contributed by atoms with van der Waals surface area (Å²) in [5, 5.41) is 20.1. The zero-order valence-corrected chi connectivity index (χ0v) is 15.4. The smallest absolute Gasteiger partial charge is 0.312 e. The fourth-order valence-electron chi connectivity index (χ4n) is 4.02. The summed E-state index contributed by atoms with van der Waals surface area (Å²) in [6.45, 7) is 0. The Morgan fingerprint density at radius 1 is 1.03 bits per heavy atom. The van der Waals surface area contributed by atoms with E-state index in [4.69, 9.17) is 10.00 Å². The molecule has 1 aliphatic heterocycles. The van der Waals surface area contributed by atoms with Crippen LogP contribution >= 0.6 is 0 Å². The third kappa shape index (κ3) is 3.31. The number of ether oxygens (including phenoxy) is 1. The SMILES string of the molecule is N#Cc1ccc(Oc2ccc(N3C(=O)[C@@H]4CCCC[C@H]4C3=O)cc2)c([N+](=O)[O-])c1. The highest BCUT2D eigenvalue weighted by atomic mass is 16.6. The lowest BCUT2D eigenvalue weighted by Gasteiger charge is -2.19. The van der Waals surface area contributed by atoms with Crippen LogP contribution in [0.4, 0.5) is 11.4 Å². The molecule has 0 bridgehead atoms. The molecule has 146 valence electrons. The molecular formula is C21H17N3O5. The van der Waals surface area contributed by atoms with Gasteiger partial charge in [-0.25, -0.2) is 0 Å². The molecule has 1 saturated carbocycles. The van der Waals surface area contributed by atoms with Crippen molar-refractivity contribution in [2.24, 2.45) is 11.8 Å². The minimum absolute atomic E-state index is 0.00101. The van der Waals surface area contributed by atoms with Crippen LogP contribution in [-0.4, -0.2) is 16.7 Å². The summed E-state index contributed by atoms with van der Waals surface area (Å²) in [6.07, 6.45) is 3.42. The monoisotopic (exact) mass is 391 g/mol. The summed E-state index contributed by atoms with van der Waals surface area (Å²) in [5.74, 6) is -0.451. The van der Waals surface area contributed by atoms with Crippen LogP contribution in [0.25, 0.3) is 0 Å². The number of amides is 2. The molecule has 0 N–H and O–H groups in total. The number of hydrogen-bond acceptors (Lipinski definition) is 6. The zero-order chi connectivity index (χ0) is 20.5. The van der Waals surface area contributed by atoms with Crippen molar-refractivity contribution in [1.29, 1.82) is 5.26 Å². The van der Waals surface area contributed by atoms with Crippen LogP contribution in [0.2, 0.25) is 0 Å².